The minimum absolute atomic E-state index is 0.101. The molecule has 2 rings (SSSR count). The van der Waals surface area contributed by atoms with Gasteiger partial charge in [0.2, 0.25) is 5.91 Å². The van der Waals surface area contributed by atoms with Gasteiger partial charge in [0.05, 0.1) is 24.8 Å². The molecular weight excluding hydrogens is 244 g/mol. The molecule has 0 spiro atoms. The van der Waals surface area contributed by atoms with Crippen molar-refractivity contribution in [2.75, 3.05) is 13.2 Å². The lowest BCUT2D eigenvalue weighted by Crippen LogP contribution is -2.47. The number of carbonyl (C=O) groups excluding carboxylic acids is 1. The van der Waals surface area contributed by atoms with Crippen LogP contribution in [0.3, 0.4) is 0 Å². The molecule has 1 aromatic rings. The lowest BCUT2D eigenvalue weighted by molar-refractivity contribution is -0.123. The van der Waals surface area contributed by atoms with Crippen LogP contribution in [0.25, 0.3) is 0 Å². The van der Waals surface area contributed by atoms with Gasteiger partial charge in [0, 0.05) is 6.54 Å². The van der Waals surface area contributed by atoms with E-state index in [2.05, 4.69) is 10.6 Å². The Kier molecular flexibility index (Phi) is 4.90. The van der Waals surface area contributed by atoms with E-state index in [1.165, 1.54) is 0 Å². The monoisotopic (exact) mass is 264 g/mol. The lowest BCUT2D eigenvalue weighted by atomic mass is 10.1. The van der Waals surface area contributed by atoms with Crippen molar-refractivity contribution in [3.05, 3.63) is 35.9 Å². The lowest BCUT2D eigenvalue weighted by Gasteiger charge is -2.19. The molecule has 1 aliphatic heterocycles. The Labute approximate surface area is 112 Å². The summed E-state index contributed by atoms with van der Waals surface area (Å²) in [4.78, 5) is 12.0. The fraction of sp³-hybridized carbons (Fsp3) is 0.500. The van der Waals surface area contributed by atoms with Crippen molar-refractivity contribution in [2.45, 2.75) is 31.0 Å². The summed E-state index contributed by atoms with van der Waals surface area (Å²) >= 11 is 0. The maximum Gasteiger partial charge on any atom is 0.237 e. The normalized spacial score (nSPS) is 24.1. The number of rotatable bonds is 5. The molecule has 4 N–H and O–H groups in total. The van der Waals surface area contributed by atoms with Crippen LogP contribution < -0.4 is 10.6 Å². The molecule has 0 bridgehead atoms. The number of amides is 1. The second-order valence-corrected chi connectivity index (χ2v) is 4.93. The van der Waals surface area contributed by atoms with Gasteiger partial charge in [-0.2, -0.15) is 0 Å². The van der Waals surface area contributed by atoms with Gasteiger partial charge in [-0.1, -0.05) is 30.3 Å². The molecule has 1 aromatic carbocycles. The van der Waals surface area contributed by atoms with Crippen LogP contribution in [0.4, 0.5) is 0 Å². The van der Waals surface area contributed by atoms with Gasteiger partial charge in [0.1, 0.15) is 0 Å². The molecule has 0 radical (unpaired) electrons. The third kappa shape index (κ3) is 4.02. The molecule has 3 unspecified atom stereocenters. The molecule has 1 aliphatic rings. The average Bonchev–Trinajstić information content (AvgIpc) is 2.86. The number of carbonyl (C=O) groups is 1. The Morgan fingerprint density at radius 1 is 1.42 bits per heavy atom. The van der Waals surface area contributed by atoms with E-state index in [0.717, 1.165) is 5.56 Å². The Morgan fingerprint density at radius 2 is 2.16 bits per heavy atom. The zero-order chi connectivity index (χ0) is 13.7. The zero-order valence-corrected chi connectivity index (χ0v) is 10.7. The highest BCUT2D eigenvalue weighted by Crippen LogP contribution is 2.08. The molecule has 5 nitrogen and oxygen atoms in total. The second-order valence-electron chi connectivity index (χ2n) is 4.93. The van der Waals surface area contributed by atoms with Crippen molar-refractivity contribution in [1.29, 1.82) is 0 Å². The molecule has 104 valence electrons. The zero-order valence-electron chi connectivity index (χ0n) is 10.7. The van der Waals surface area contributed by atoms with Crippen LogP contribution in [-0.4, -0.2) is 47.5 Å². The molecule has 3 atom stereocenters. The van der Waals surface area contributed by atoms with Crippen LogP contribution in [0.2, 0.25) is 0 Å². The van der Waals surface area contributed by atoms with Crippen molar-refractivity contribution in [3.63, 3.8) is 0 Å². The molecule has 1 saturated heterocycles. The second kappa shape index (κ2) is 6.65. The maximum atomic E-state index is 12.0. The van der Waals surface area contributed by atoms with E-state index < -0.39 is 6.10 Å². The molecule has 19 heavy (non-hydrogen) atoms. The minimum atomic E-state index is -0.461. The largest absolute Gasteiger partial charge is 0.394 e. The quantitative estimate of drug-likeness (QED) is 0.574. The number of β-amino-alcohol motifs (C(OH)–C–C–N with tert-alkyl or cyclic N) is 1. The van der Waals surface area contributed by atoms with E-state index in [4.69, 9.17) is 0 Å². The molecule has 5 heteroatoms. The van der Waals surface area contributed by atoms with Crippen LogP contribution in [0.1, 0.15) is 12.0 Å². The number of hydrogen-bond donors (Lipinski definition) is 4. The first kappa shape index (κ1) is 14.0. The minimum Gasteiger partial charge on any atom is -0.394 e. The SMILES string of the molecule is O=C(NC(CO)Cc1ccccc1)C1CC(O)CN1. The predicted molar refractivity (Wildman–Crippen MR) is 71.6 cm³/mol. The summed E-state index contributed by atoms with van der Waals surface area (Å²) in [6.45, 7) is 0.344. The average molecular weight is 264 g/mol. The van der Waals surface area contributed by atoms with Crippen molar-refractivity contribution >= 4 is 5.91 Å². The van der Waals surface area contributed by atoms with Gasteiger partial charge in [0.25, 0.3) is 0 Å². The molecular formula is C14H20N2O3. The first-order chi connectivity index (χ1) is 9.19. The Hall–Kier alpha value is -1.43. The topological polar surface area (TPSA) is 81.6 Å². The highest BCUT2D eigenvalue weighted by molar-refractivity contribution is 5.82. The highest BCUT2D eigenvalue weighted by Gasteiger charge is 2.29. The molecule has 0 saturated carbocycles. The van der Waals surface area contributed by atoms with E-state index in [0.29, 0.717) is 19.4 Å². The Bertz CT molecular complexity index is 410. The fourth-order valence-corrected chi connectivity index (χ4v) is 2.28. The third-order valence-electron chi connectivity index (χ3n) is 3.32. The maximum absolute atomic E-state index is 12.0. The smallest absolute Gasteiger partial charge is 0.237 e. The van der Waals surface area contributed by atoms with E-state index in [1.54, 1.807) is 0 Å². The van der Waals surface area contributed by atoms with Crippen molar-refractivity contribution in [2.24, 2.45) is 0 Å². The van der Waals surface area contributed by atoms with E-state index in [1.807, 2.05) is 30.3 Å². The van der Waals surface area contributed by atoms with Crippen molar-refractivity contribution in [3.8, 4) is 0 Å². The van der Waals surface area contributed by atoms with Gasteiger partial charge in [-0.05, 0) is 18.4 Å². The predicted octanol–water partition coefficient (Wildman–Crippen LogP) is -0.571. The summed E-state index contributed by atoms with van der Waals surface area (Å²) in [5.41, 5.74) is 1.07. The molecule has 1 amide bonds. The van der Waals surface area contributed by atoms with E-state index in [-0.39, 0.29) is 24.6 Å². The van der Waals surface area contributed by atoms with Crippen LogP contribution in [0.5, 0.6) is 0 Å². The summed E-state index contributed by atoms with van der Waals surface area (Å²) in [7, 11) is 0. The van der Waals surface area contributed by atoms with Gasteiger partial charge >= 0.3 is 0 Å². The molecule has 1 heterocycles. The summed E-state index contributed by atoms with van der Waals surface area (Å²) in [6.07, 6.45) is 0.561. The van der Waals surface area contributed by atoms with Crippen LogP contribution >= 0.6 is 0 Å². The van der Waals surface area contributed by atoms with Gasteiger partial charge in [-0.15, -0.1) is 0 Å². The van der Waals surface area contributed by atoms with E-state index in [9.17, 15) is 15.0 Å². The first-order valence-corrected chi connectivity index (χ1v) is 6.55. The molecule has 0 aromatic heterocycles. The summed E-state index contributed by atoms with van der Waals surface area (Å²) in [6, 6.07) is 9.06. The summed E-state index contributed by atoms with van der Waals surface area (Å²) < 4.78 is 0. The fourth-order valence-electron chi connectivity index (χ4n) is 2.28. The van der Waals surface area contributed by atoms with Gasteiger partial charge in [-0.25, -0.2) is 0 Å². The van der Waals surface area contributed by atoms with E-state index >= 15 is 0 Å². The van der Waals surface area contributed by atoms with Crippen molar-refractivity contribution < 1.29 is 15.0 Å². The number of aliphatic hydroxyl groups excluding tert-OH is 2. The van der Waals surface area contributed by atoms with Crippen LogP contribution in [-0.2, 0) is 11.2 Å². The number of aliphatic hydroxyl groups is 2. The summed E-state index contributed by atoms with van der Waals surface area (Å²) in [5, 5.41) is 24.5. The van der Waals surface area contributed by atoms with Crippen molar-refractivity contribution in [1.82, 2.24) is 10.6 Å². The van der Waals surface area contributed by atoms with Gasteiger partial charge in [0.15, 0.2) is 0 Å². The standard InChI is InChI=1S/C14H20N2O3/c17-9-11(6-10-4-2-1-3-5-10)16-14(19)13-7-12(18)8-15-13/h1-5,11-13,15,17-18H,6-9H2,(H,16,19). The van der Waals surface area contributed by atoms with Gasteiger partial charge in [-0.3, -0.25) is 4.79 Å². The third-order valence-corrected chi connectivity index (χ3v) is 3.32. The number of hydrogen-bond acceptors (Lipinski definition) is 4. The Balaban J connectivity index is 1.87. The van der Waals surface area contributed by atoms with Crippen LogP contribution in [0.15, 0.2) is 30.3 Å². The highest BCUT2D eigenvalue weighted by atomic mass is 16.3. The first-order valence-electron chi connectivity index (χ1n) is 6.55. The molecule has 1 fully saturated rings. The number of nitrogens with one attached hydrogen (secondary N) is 2. The van der Waals surface area contributed by atoms with Crippen LogP contribution in [0, 0.1) is 0 Å². The Morgan fingerprint density at radius 3 is 2.74 bits per heavy atom. The summed E-state index contributed by atoms with van der Waals surface area (Å²) in [5.74, 6) is -0.161. The number of benzene rings is 1. The van der Waals surface area contributed by atoms with Gasteiger partial charge < -0.3 is 20.8 Å². The molecule has 0 aliphatic carbocycles.